The molecule has 0 aliphatic carbocycles. The summed E-state index contributed by atoms with van der Waals surface area (Å²) in [6.45, 7) is 3.76. The molecule has 6 heteroatoms. The number of para-hydroxylation sites is 1. The molecular weight excluding hydrogens is 252 g/mol. The summed E-state index contributed by atoms with van der Waals surface area (Å²) in [5.74, 6) is -0.569. The van der Waals surface area contributed by atoms with Crippen molar-refractivity contribution in [3.8, 4) is 0 Å². The molecule has 1 unspecified atom stereocenters. The van der Waals surface area contributed by atoms with Gasteiger partial charge in [-0.3, -0.25) is 9.56 Å². The van der Waals surface area contributed by atoms with E-state index >= 15 is 0 Å². The summed E-state index contributed by atoms with van der Waals surface area (Å²) in [4.78, 5) is 0. The molecule has 18 heavy (non-hydrogen) atoms. The molecule has 0 bridgehead atoms. The van der Waals surface area contributed by atoms with Crippen LogP contribution in [0.1, 0.15) is 6.42 Å². The van der Waals surface area contributed by atoms with Gasteiger partial charge in [0, 0.05) is 13.3 Å². The smallest absolute Gasteiger partial charge is 0.264 e. The van der Waals surface area contributed by atoms with Gasteiger partial charge < -0.3 is 0 Å². The Bertz CT molecular complexity index is 485. The van der Waals surface area contributed by atoms with Gasteiger partial charge in [0.15, 0.2) is 0 Å². The van der Waals surface area contributed by atoms with Crippen molar-refractivity contribution in [1.82, 2.24) is 0 Å². The van der Waals surface area contributed by atoms with E-state index in [1.165, 1.54) is 0 Å². The van der Waals surface area contributed by atoms with Crippen LogP contribution in [0.15, 0.2) is 35.4 Å². The SMILES string of the molecule is [CH2]C(C=NN(C)c1ccccc1)CCS(=O)(=O)O. The first-order valence-electron chi connectivity index (χ1n) is 5.49. The van der Waals surface area contributed by atoms with Crippen LogP contribution in [0.25, 0.3) is 0 Å². The topological polar surface area (TPSA) is 70.0 Å². The van der Waals surface area contributed by atoms with Gasteiger partial charge in [-0.15, -0.1) is 0 Å². The van der Waals surface area contributed by atoms with Crippen LogP contribution in [0, 0.1) is 12.8 Å². The molecule has 0 aliphatic rings. The number of rotatable bonds is 6. The zero-order chi connectivity index (χ0) is 13.6. The van der Waals surface area contributed by atoms with Crippen molar-refractivity contribution < 1.29 is 13.0 Å². The molecular formula is C12H17N2O3S. The van der Waals surface area contributed by atoms with Gasteiger partial charge in [-0.05, 0) is 31.4 Å². The van der Waals surface area contributed by atoms with Gasteiger partial charge in [0.2, 0.25) is 0 Å². The third-order valence-corrected chi connectivity index (χ3v) is 3.08. The Labute approximate surface area is 108 Å². The molecule has 0 aliphatic heterocycles. The zero-order valence-corrected chi connectivity index (χ0v) is 11.0. The summed E-state index contributed by atoms with van der Waals surface area (Å²) in [6.07, 6.45) is 1.81. The van der Waals surface area contributed by atoms with E-state index in [1.54, 1.807) is 18.3 Å². The first kappa shape index (κ1) is 14.7. The quantitative estimate of drug-likeness (QED) is 0.486. The molecule has 0 saturated heterocycles. The van der Waals surface area contributed by atoms with Crippen molar-refractivity contribution in [2.45, 2.75) is 6.42 Å². The molecule has 1 radical (unpaired) electrons. The average Bonchev–Trinajstić information content (AvgIpc) is 2.33. The lowest BCUT2D eigenvalue weighted by atomic mass is 10.1. The second-order valence-corrected chi connectivity index (χ2v) is 5.53. The maximum atomic E-state index is 10.6. The fourth-order valence-electron chi connectivity index (χ4n) is 1.28. The van der Waals surface area contributed by atoms with Crippen molar-refractivity contribution in [3.63, 3.8) is 0 Å². The highest BCUT2D eigenvalue weighted by molar-refractivity contribution is 7.85. The summed E-state index contributed by atoms with van der Waals surface area (Å²) in [7, 11) is -2.13. The van der Waals surface area contributed by atoms with Gasteiger partial charge in [-0.1, -0.05) is 18.2 Å². The highest BCUT2D eigenvalue weighted by Crippen LogP contribution is 2.11. The molecule has 0 fully saturated rings. The third kappa shape index (κ3) is 5.79. The van der Waals surface area contributed by atoms with E-state index in [2.05, 4.69) is 12.0 Å². The third-order valence-electron chi connectivity index (χ3n) is 2.33. The predicted molar refractivity (Wildman–Crippen MR) is 73.2 cm³/mol. The van der Waals surface area contributed by atoms with Crippen LogP contribution in [0.5, 0.6) is 0 Å². The Hall–Kier alpha value is -1.40. The molecule has 0 saturated carbocycles. The van der Waals surface area contributed by atoms with Crippen LogP contribution in [0.4, 0.5) is 5.69 Å². The van der Waals surface area contributed by atoms with Crippen molar-refractivity contribution in [2.24, 2.45) is 11.0 Å². The Morgan fingerprint density at radius 1 is 1.44 bits per heavy atom. The second-order valence-electron chi connectivity index (χ2n) is 3.96. The number of benzene rings is 1. The Kier molecular flexibility index (Phi) is 5.30. The number of hydrogen-bond acceptors (Lipinski definition) is 4. The van der Waals surface area contributed by atoms with Crippen LogP contribution in [-0.2, 0) is 10.1 Å². The molecule has 1 aromatic rings. The molecule has 0 amide bonds. The molecule has 99 valence electrons. The Balaban J connectivity index is 2.49. The normalized spacial score (nSPS) is 13.7. The van der Waals surface area contributed by atoms with Gasteiger partial charge in [0.05, 0.1) is 11.4 Å². The van der Waals surface area contributed by atoms with Crippen LogP contribution < -0.4 is 5.01 Å². The minimum Gasteiger partial charge on any atom is -0.286 e. The van der Waals surface area contributed by atoms with E-state index in [4.69, 9.17) is 4.55 Å². The zero-order valence-electron chi connectivity index (χ0n) is 10.2. The lowest BCUT2D eigenvalue weighted by Gasteiger charge is -2.13. The van der Waals surface area contributed by atoms with Gasteiger partial charge in [0.25, 0.3) is 10.1 Å². The van der Waals surface area contributed by atoms with Gasteiger partial charge in [-0.2, -0.15) is 13.5 Å². The highest BCUT2D eigenvalue weighted by Gasteiger charge is 2.08. The number of nitrogens with zero attached hydrogens (tertiary/aromatic N) is 2. The molecule has 0 aromatic heterocycles. The summed E-state index contributed by atoms with van der Waals surface area (Å²) in [5.41, 5.74) is 0.927. The first-order chi connectivity index (χ1) is 8.38. The van der Waals surface area contributed by atoms with Crippen molar-refractivity contribution in [2.75, 3.05) is 17.8 Å². The molecule has 5 nitrogen and oxygen atoms in total. The Morgan fingerprint density at radius 2 is 2.06 bits per heavy atom. The van der Waals surface area contributed by atoms with E-state index in [-0.39, 0.29) is 18.1 Å². The number of hydrogen-bond donors (Lipinski definition) is 1. The molecule has 1 rings (SSSR count). The fourth-order valence-corrected chi connectivity index (χ4v) is 1.88. The fraction of sp³-hybridized carbons (Fsp3) is 0.333. The van der Waals surface area contributed by atoms with Crippen LogP contribution in [0.3, 0.4) is 0 Å². The van der Waals surface area contributed by atoms with E-state index in [9.17, 15) is 8.42 Å². The van der Waals surface area contributed by atoms with E-state index < -0.39 is 10.1 Å². The molecule has 1 aromatic carbocycles. The number of hydrazone groups is 1. The van der Waals surface area contributed by atoms with Gasteiger partial charge in [0.1, 0.15) is 0 Å². The maximum absolute atomic E-state index is 10.6. The van der Waals surface area contributed by atoms with Crippen LogP contribution in [0.2, 0.25) is 0 Å². The van der Waals surface area contributed by atoms with Crippen LogP contribution in [-0.4, -0.2) is 32.0 Å². The highest BCUT2D eigenvalue weighted by atomic mass is 32.2. The minimum atomic E-state index is -3.93. The molecule has 0 heterocycles. The van der Waals surface area contributed by atoms with E-state index in [1.807, 2.05) is 30.3 Å². The number of anilines is 1. The van der Waals surface area contributed by atoms with E-state index in [0.717, 1.165) is 5.69 Å². The largest absolute Gasteiger partial charge is 0.286 e. The summed E-state index contributed by atoms with van der Waals surface area (Å²) < 4.78 is 29.7. The minimum absolute atomic E-state index is 0.241. The standard InChI is InChI=1S/C12H17N2O3S/c1-11(8-9-18(15,16)17)10-13-14(2)12-6-4-3-5-7-12/h3-7,10-11H,1,8-9H2,2H3,(H,15,16,17). The lowest BCUT2D eigenvalue weighted by molar-refractivity contribution is 0.479. The predicted octanol–water partition coefficient (Wildman–Crippen LogP) is 1.84. The first-order valence-corrected chi connectivity index (χ1v) is 7.10. The maximum Gasteiger partial charge on any atom is 0.264 e. The molecule has 0 spiro atoms. The monoisotopic (exact) mass is 269 g/mol. The molecule has 1 N–H and O–H groups in total. The molecule has 1 atom stereocenters. The average molecular weight is 269 g/mol. The lowest BCUT2D eigenvalue weighted by Crippen LogP contribution is -2.13. The van der Waals surface area contributed by atoms with Crippen molar-refractivity contribution >= 4 is 22.0 Å². The van der Waals surface area contributed by atoms with E-state index in [0.29, 0.717) is 0 Å². The second kappa shape index (κ2) is 6.51. The summed E-state index contributed by atoms with van der Waals surface area (Å²) >= 11 is 0. The van der Waals surface area contributed by atoms with Crippen LogP contribution >= 0.6 is 0 Å². The van der Waals surface area contributed by atoms with Crippen molar-refractivity contribution in [3.05, 3.63) is 37.3 Å². The summed E-state index contributed by atoms with van der Waals surface area (Å²) in [6, 6.07) is 9.54. The van der Waals surface area contributed by atoms with Gasteiger partial charge in [-0.25, -0.2) is 0 Å². The van der Waals surface area contributed by atoms with Crippen molar-refractivity contribution in [1.29, 1.82) is 0 Å². The summed E-state index contributed by atoms with van der Waals surface area (Å²) in [5, 5.41) is 5.84. The van der Waals surface area contributed by atoms with Gasteiger partial charge >= 0.3 is 0 Å². The Morgan fingerprint density at radius 3 is 2.61 bits per heavy atom.